The number of carbonyl (C=O) groups excluding carboxylic acids is 2. The number of para-hydroxylation sites is 1. The van der Waals surface area contributed by atoms with E-state index in [1.165, 1.54) is 43.4 Å². The summed E-state index contributed by atoms with van der Waals surface area (Å²) in [6.45, 7) is 5.99. The second kappa shape index (κ2) is 14.5. The predicted molar refractivity (Wildman–Crippen MR) is 158 cm³/mol. The van der Waals surface area contributed by atoms with Crippen LogP contribution in [0.1, 0.15) is 69.7 Å². The number of benzene rings is 2. The second-order valence-corrected chi connectivity index (χ2v) is 14.7. The predicted octanol–water partition coefficient (Wildman–Crippen LogP) is 4.97. The number of carbonyl (C=O) groups is 2. The number of anilines is 2. The lowest BCUT2D eigenvalue weighted by Gasteiger charge is -2.19. The van der Waals surface area contributed by atoms with Gasteiger partial charge in [0, 0.05) is 19.3 Å². The third-order valence-corrected chi connectivity index (χ3v) is 8.97. The van der Waals surface area contributed by atoms with Gasteiger partial charge in [0.2, 0.25) is 10.0 Å². The molecule has 0 radical (unpaired) electrons. The van der Waals surface area contributed by atoms with Gasteiger partial charge < -0.3 is 15.4 Å². The first kappa shape index (κ1) is 33.1. The second-order valence-electron chi connectivity index (χ2n) is 10.6. The Morgan fingerprint density at radius 3 is 2.02 bits per heavy atom. The quantitative estimate of drug-likeness (QED) is 0.294. The van der Waals surface area contributed by atoms with Crippen molar-refractivity contribution in [3.8, 4) is 0 Å². The summed E-state index contributed by atoms with van der Waals surface area (Å²) < 4.78 is 55.6. The summed E-state index contributed by atoms with van der Waals surface area (Å²) in [4.78, 5) is 24.6. The normalized spacial score (nSPS) is 12.0. The molecule has 2 N–H and O–H groups in total. The molecule has 0 saturated carbocycles. The van der Waals surface area contributed by atoms with E-state index in [1.54, 1.807) is 12.1 Å². The summed E-state index contributed by atoms with van der Waals surface area (Å²) in [7, 11) is -5.66. The number of sulfone groups is 1. The molecule has 0 saturated heterocycles. The highest BCUT2D eigenvalue weighted by Gasteiger charge is 2.20. The lowest BCUT2D eigenvalue weighted by Crippen LogP contribution is -2.32. The number of sulfonamides is 1. The van der Waals surface area contributed by atoms with Crippen LogP contribution in [0, 0.1) is 0 Å². The largest absolute Gasteiger partial charge is 0.444 e. The van der Waals surface area contributed by atoms with Gasteiger partial charge in [-0.25, -0.2) is 21.6 Å². The van der Waals surface area contributed by atoms with E-state index in [4.69, 9.17) is 4.74 Å². The number of nitrogens with zero attached hydrogens (tertiary/aromatic N) is 1. The smallest absolute Gasteiger partial charge is 0.407 e. The van der Waals surface area contributed by atoms with Crippen molar-refractivity contribution in [2.75, 3.05) is 35.2 Å². The average molecular weight is 596 g/mol. The van der Waals surface area contributed by atoms with Gasteiger partial charge in [0.1, 0.15) is 5.60 Å². The molecule has 12 heteroatoms. The minimum absolute atomic E-state index is 0.0319. The van der Waals surface area contributed by atoms with E-state index >= 15 is 0 Å². The van der Waals surface area contributed by atoms with Crippen LogP contribution in [-0.2, 0) is 24.6 Å². The number of hydrogen-bond donors (Lipinski definition) is 2. The monoisotopic (exact) mass is 595 g/mol. The fourth-order valence-electron chi connectivity index (χ4n) is 3.81. The molecule has 0 bridgehead atoms. The molecule has 40 heavy (non-hydrogen) atoms. The number of nitrogens with one attached hydrogen (secondary N) is 2. The molecule has 0 fully saturated rings. The Hall–Kier alpha value is -3.12. The van der Waals surface area contributed by atoms with E-state index in [9.17, 15) is 26.4 Å². The topological polar surface area (TPSA) is 139 Å². The van der Waals surface area contributed by atoms with Crippen LogP contribution in [0.15, 0.2) is 53.4 Å². The Morgan fingerprint density at radius 2 is 1.43 bits per heavy atom. The van der Waals surface area contributed by atoms with E-state index in [-0.39, 0.29) is 21.9 Å². The first-order valence-electron chi connectivity index (χ1n) is 13.2. The number of rotatable bonds is 14. The number of amides is 2. The number of unbranched alkanes of at least 4 members (excludes halogenated alkanes) is 5. The molecule has 2 amide bonds. The van der Waals surface area contributed by atoms with Crippen molar-refractivity contribution < 1.29 is 31.2 Å². The van der Waals surface area contributed by atoms with E-state index in [1.807, 2.05) is 20.8 Å². The number of ether oxygens (including phenoxy) is 1. The van der Waals surface area contributed by atoms with Crippen LogP contribution in [-0.4, -0.2) is 60.0 Å². The molecule has 0 atom stereocenters. The van der Waals surface area contributed by atoms with Crippen molar-refractivity contribution in [2.24, 2.45) is 0 Å². The molecule has 10 nitrogen and oxygen atoms in total. The maximum Gasteiger partial charge on any atom is 0.407 e. The standard InChI is InChI=1S/C28H41N3O7S2/c1-28(2,3)38-27(33)29-20-12-8-6-7-9-13-21-40(36,37)23-18-16-22(17-19-23)30-26(32)24-14-10-11-15-25(24)31(4)39(5,34)35/h10-11,14-19H,6-9,12-13,20-21H2,1-5H3,(H,29,33)(H,30,32). The maximum absolute atomic E-state index is 12.8. The van der Waals surface area contributed by atoms with Crippen LogP contribution in [0.3, 0.4) is 0 Å². The maximum atomic E-state index is 12.8. The van der Waals surface area contributed by atoms with E-state index < -0.39 is 37.5 Å². The van der Waals surface area contributed by atoms with Crippen molar-refractivity contribution in [2.45, 2.75) is 69.8 Å². The molecule has 2 aromatic carbocycles. The van der Waals surface area contributed by atoms with E-state index in [0.29, 0.717) is 18.7 Å². The van der Waals surface area contributed by atoms with Crippen LogP contribution in [0.4, 0.5) is 16.2 Å². The van der Waals surface area contributed by atoms with Crippen molar-refractivity contribution in [3.05, 3.63) is 54.1 Å². The highest BCUT2D eigenvalue weighted by Crippen LogP contribution is 2.23. The van der Waals surface area contributed by atoms with Crippen molar-refractivity contribution in [1.82, 2.24) is 5.32 Å². The molecule has 0 spiro atoms. The summed E-state index contributed by atoms with van der Waals surface area (Å²) in [5, 5.41) is 5.42. The minimum atomic E-state index is -3.56. The molecule has 222 valence electrons. The molecule has 0 aromatic heterocycles. The highest BCUT2D eigenvalue weighted by molar-refractivity contribution is 7.92. The van der Waals surface area contributed by atoms with Crippen molar-refractivity contribution in [3.63, 3.8) is 0 Å². The van der Waals surface area contributed by atoms with Crippen molar-refractivity contribution in [1.29, 1.82) is 0 Å². The summed E-state index contributed by atoms with van der Waals surface area (Å²) in [6, 6.07) is 12.3. The molecular formula is C28H41N3O7S2. The highest BCUT2D eigenvalue weighted by atomic mass is 32.2. The van der Waals surface area contributed by atoms with Gasteiger partial charge in [-0.05, 0) is 70.0 Å². The minimum Gasteiger partial charge on any atom is -0.444 e. The van der Waals surface area contributed by atoms with Gasteiger partial charge in [0.05, 0.1) is 28.2 Å². The molecule has 0 aliphatic heterocycles. The number of alkyl carbamates (subject to hydrolysis) is 1. The van der Waals surface area contributed by atoms with Crippen LogP contribution < -0.4 is 14.9 Å². The molecule has 0 heterocycles. The van der Waals surface area contributed by atoms with Gasteiger partial charge in [-0.1, -0.05) is 37.8 Å². The first-order valence-corrected chi connectivity index (χ1v) is 16.7. The third-order valence-electron chi connectivity index (χ3n) is 5.96. The van der Waals surface area contributed by atoms with Crippen LogP contribution in [0.5, 0.6) is 0 Å². The Labute approximate surface area is 238 Å². The Kier molecular flexibility index (Phi) is 12.0. The molecular weight excluding hydrogens is 554 g/mol. The zero-order valence-electron chi connectivity index (χ0n) is 23.9. The fraction of sp³-hybridized carbons (Fsp3) is 0.500. The first-order chi connectivity index (χ1) is 18.6. The van der Waals surface area contributed by atoms with Gasteiger partial charge in [-0.3, -0.25) is 9.10 Å². The molecule has 2 aromatic rings. The average Bonchev–Trinajstić information content (AvgIpc) is 2.86. The van der Waals surface area contributed by atoms with E-state index in [0.717, 1.165) is 42.7 Å². The van der Waals surface area contributed by atoms with Crippen LogP contribution in [0.25, 0.3) is 0 Å². The van der Waals surface area contributed by atoms with Gasteiger partial charge in [0.15, 0.2) is 9.84 Å². The summed E-state index contributed by atoms with van der Waals surface area (Å²) in [5.41, 5.74) is 0.280. The van der Waals surface area contributed by atoms with Gasteiger partial charge in [-0.15, -0.1) is 0 Å². The Morgan fingerprint density at radius 1 is 0.850 bits per heavy atom. The Balaban J connectivity index is 1.78. The van der Waals surface area contributed by atoms with Crippen molar-refractivity contribution >= 4 is 43.2 Å². The number of hydrogen-bond acceptors (Lipinski definition) is 7. The Bertz CT molecular complexity index is 1350. The SMILES string of the molecule is CN(c1ccccc1C(=O)Nc1ccc(S(=O)(=O)CCCCCCCCNC(=O)OC(C)(C)C)cc1)S(C)(=O)=O. The zero-order valence-corrected chi connectivity index (χ0v) is 25.5. The molecule has 0 aliphatic carbocycles. The lowest BCUT2D eigenvalue weighted by molar-refractivity contribution is 0.0526. The molecule has 0 unspecified atom stereocenters. The van der Waals surface area contributed by atoms with E-state index in [2.05, 4.69) is 10.6 Å². The molecule has 2 rings (SSSR count). The fourth-order valence-corrected chi connectivity index (χ4v) is 5.70. The van der Waals surface area contributed by atoms with Crippen LogP contribution >= 0.6 is 0 Å². The third kappa shape index (κ3) is 11.2. The van der Waals surface area contributed by atoms with Crippen LogP contribution in [0.2, 0.25) is 0 Å². The molecule has 0 aliphatic rings. The summed E-state index contributed by atoms with van der Waals surface area (Å²) >= 11 is 0. The van der Waals surface area contributed by atoms with Gasteiger partial charge in [0.25, 0.3) is 5.91 Å². The van der Waals surface area contributed by atoms with Gasteiger partial charge >= 0.3 is 6.09 Å². The summed E-state index contributed by atoms with van der Waals surface area (Å²) in [6.07, 6.45) is 5.59. The zero-order chi connectivity index (χ0) is 30.0. The van der Waals surface area contributed by atoms with Gasteiger partial charge in [-0.2, -0.15) is 0 Å². The lowest BCUT2D eigenvalue weighted by atomic mass is 10.1. The summed E-state index contributed by atoms with van der Waals surface area (Å²) in [5.74, 6) is -0.480.